The molecule has 0 aliphatic heterocycles. The highest BCUT2D eigenvalue weighted by atomic mass is 32.2. The van der Waals surface area contributed by atoms with Crippen LogP contribution >= 0.6 is 0 Å². The first-order chi connectivity index (χ1) is 7.95. The Bertz CT molecular complexity index is 499. The van der Waals surface area contributed by atoms with E-state index in [1.807, 2.05) is 0 Å². The topological polar surface area (TPSA) is 98.5 Å². The zero-order valence-electron chi connectivity index (χ0n) is 9.34. The second-order valence-electron chi connectivity index (χ2n) is 3.32. The van der Waals surface area contributed by atoms with Crippen molar-refractivity contribution in [2.24, 2.45) is 5.14 Å². The molecule has 0 saturated heterocycles. The summed E-state index contributed by atoms with van der Waals surface area (Å²) < 4.78 is 27.0. The van der Waals surface area contributed by atoms with E-state index in [-0.39, 0.29) is 16.4 Å². The molecule has 0 heterocycles. The highest BCUT2D eigenvalue weighted by molar-refractivity contribution is 7.89. The summed E-state index contributed by atoms with van der Waals surface area (Å²) in [6.07, 6.45) is 0. The molecule has 0 unspecified atom stereocenters. The Morgan fingerprint density at radius 2 is 2.18 bits per heavy atom. The molecule has 0 spiro atoms. The van der Waals surface area contributed by atoms with Gasteiger partial charge in [0.05, 0.1) is 11.5 Å². The van der Waals surface area contributed by atoms with Crippen LogP contribution in [0.3, 0.4) is 0 Å². The maximum absolute atomic E-state index is 11.6. The van der Waals surface area contributed by atoms with Crippen molar-refractivity contribution in [1.29, 1.82) is 0 Å². The average Bonchev–Trinajstić information content (AvgIpc) is 2.28. The van der Waals surface area contributed by atoms with E-state index >= 15 is 0 Å². The van der Waals surface area contributed by atoms with E-state index in [0.29, 0.717) is 13.2 Å². The maximum Gasteiger partial charge on any atom is 0.251 e. The Kier molecular flexibility index (Phi) is 4.62. The first kappa shape index (κ1) is 13.6. The molecule has 0 saturated carbocycles. The highest BCUT2D eigenvalue weighted by Crippen LogP contribution is 2.09. The summed E-state index contributed by atoms with van der Waals surface area (Å²) in [6.45, 7) is 0.746. The number of carbonyl (C=O) groups is 1. The minimum Gasteiger partial charge on any atom is -0.383 e. The highest BCUT2D eigenvalue weighted by Gasteiger charge is 2.11. The Balaban J connectivity index is 2.82. The van der Waals surface area contributed by atoms with Crippen LogP contribution in [-0.2, 0) is 14.8 Å². The maximum atomic E-state index is 11.6. The predicted octanol–water partition coefficient (Wildman–Crippen LogP) is -0.290. The summed E-state index contributed by atoms with van der Waals surface area (Å²) in [7, 11) is -2.27. The van der Waals surface area contributed by atoms with Gasteiger partial charge in [-0.05, 0) is 18.2 Å². The van der Waals surface area contributed by atoms with Crippen LogP contribution in [0, 0.1) is 0 Å². The van der Waals surface area contributed by atoms with Crippen LogP contribution in [0.4, 0.5) is 0 Å². The molecule has 0 aliphatic carbocycles. The average molecular weight is 258 g/mol. The van der Waals surface area contributed by atoms with Gasteiger partial charge in [-0.25, -0.2) is 13.6 Å². The largest absolute Gasteiger partial charge is 0.383 e. The third-order valence-corrected chi connectivity index (χ3v) is 2.93. The van der Waals surface area contributed by atoms with Gasteiger partial charge in [-0.15, -0.1) is 0 Å². The van der Waals surface area contributed by atoms with Crippen LogP contribution in [0.2, 0.25) is 0 Å². The number of carbonyl (C=O) groups excluding carboxylic acids is 1. The Morgan fingerprint density at radius 1 is 1.47 bits per heavy atom. The number of hydrogen-bond acceptors (Lipinski definition) is 4. The lowest BCUT2D eigenvalue weighted by Crippen LogP contribution is -2.27. The number of nitrogens with one attached hydrogen (secondary N) is 1. The molecule has 0 aromatic heterocycles. The zero-order valence-corrected chi connectivity index (χ0v) is 10.2. The van der Waals surface area contributed by atoms with Crippen molar-refractivity contribution in [1.82, 2.24) is 5.32 Å². The second kappa shape index (κ2) is 5.76. The van der Waals surface area contributed by atoms with Gasteiger partial charge in [0.15, 0.2) is 0 Å². The van der Waals surface area contributed by atoms with Crippen molar-refractivity contribution in [3.63, 3.8) is 0 Å². The first-order valence-electron chi connectivity index (χ1n) is 4.85. The van der Waals surface area contributed by atoms with Crippen LogP contribution in [0.15, 0.2) is 29.2 Å². The number of rotatable bonds is 5. The summed E-state index contributed by atoms with van der Waals surface area (Å²) in [5.41, 5.74) is 0.243. The molecule has 0 fully saturated rings. The van der Waals surface area contributed by atoms with E-state index in [2.05, 4.69) is 5.32 Å². The van der Waals surface area contributed by atoms with Crippen molar-refractivity contribution in [2.45, 2.75) is 4.90 Å². The van der Waals surface area contributed by atoms with Gasteiger partial charge in [0.1, 0.15) is 0 Å². The fourth-order valence-corrected chi connectivity index (χ4v) is 1.74. The monoisotopic (exact) mass is 258 g/mol. The van der Waals surface area contributed by atoms with Crippen LogP contribution in [0.1, 0.15) is 10.4 Å². The number of primary sulfonamides is 1. The second-order valence-corrected chi connectivity index (χ2v) is 4.88. The lowest BCUT2D eigenvalue weighted by atomic mass is 10.2. The molecule has 7 heteroatoms. The van der Waals surface area contributed by atoms with Crippen molar-refractivity contribution in [3.05, 3.63) is 29.8 Å². The fraction of sp³-hybridized carbons (Fsp3) is 0.300. The van der Waals surface area contributed by atoms with Crippen molar-refractivity contribution < 1.29 is 17.9 Å². The van der Waals surface area contributed by atoms with Gasteiger partial charge in [0, 0.05) is 19.2 Å². The molecule has 1 aromatic rings. The third kappa shape index (κ3) is 4.14. The lowest BCUT2D eigenvalue weighted by molar-refractivity contribution is 0.0937. The summed E-state index contributed by atoms with van der Waals surface area (Å²) >= 11 is 0. The molecule has 1 amide bonds. The number of nitrogens with two attached hydrogens (primary N) is 1. The van der Waals surface area contributed by atoms with Gasteiger partial charge in [0.25, 0.3) is 5.91 Å². The fourth-order valence-electron chi connectivity index (χ4n) is 1.18. The van der Waals surface area contributed by atoms with Crippen molar-refractivity contribution >= 4 is 15.9 Å². The summed E-state index contributed by atoms with van der Waals surface area (Å²) in [5, 5.41) is 7.55. The Labute approximate surface area is 99.8 Å². The molecule has 17 heavy (non-hydrogen) atoms. The summed E-state index contributed by atoms with van der Waals surface area (Å²) in [4.78, 5) is 11.5. The predicted molar refractivity (Wildman–Crippen MR) is 62.0 cm³/mol. The minimum atomic E-state index is -3.79. The van der Waals surface area contributed by atoms with Gasteiger partial charge < -0.3 is 10.1 Å². The normalized spacial score (nSPS) is 11.2. The van der Waals surface area contributed by atoms with Crippen LogP contribution in [0.25, 0.3) is 0 Å². The number of amides is 1. The molecule has 3 N–H and O–H groups in total. The van der Waals surface area contributed by atoms with Gasteiger partial charge in [-0.1, -0.05) is 6.07 Å². The van der Waals surface area contributed by atoms with E-state index in [0.717, 1.165) is 0 Å². The molecule has 94 valence electrons. The van der Waals surface area contributed by atoms with Crippen molar-refractivity contribution in [2.75, 3.05) is 20.3 Å². The quantitative estimate of drug-likeness (QED) is 0.709. The van der Waals surface area contributed by atoms with E-state index in [9.17, 15) is 13.2 Å². The number of methoxy groups -OCH3 is 1. The summed E-state index contributed by atoms with van der Waals surface area (Å²) in [5.74, 6) is -0.368. The van der Waals surface area contributed by atoms with Crippen LogP contribution in [0.5, 0.6) is 0 Å². The molecule has 0 aliphatic rings. The van der Waals surface area contributed by atoms with Crippen molar-refractivity contribution in [3.8, 4) is 0 Å². The molecular formula is C10H14N2O4S. The number of ether oxygens (including phenoxy) is 1. The lowest BCUT2D eigenvalue weighted by Gasteiger charge is -2.05. The van der Waals surface area contributed by atoms with Gasteiger partial charge in [-0.2, -0.15) is 0 Å². The molecule has 0 atom stereocenters. The Morgan fingerprint density at radius 3 is 2.76 bits per heavy atom. The molecule has 1 aromatic carbocycles. The number of benzene rings is 1. The standard InChI is InChI=1S/C10H14N2O4S/c1-16-6-5-12-10(13)8-3-2-4-9(7-8)17(11,14)15/h2-4,7H,5-6H2,1H3,(H,12,13)(H2,11,14,15). The molecule has 0 radical (unpaired) electrons. The van der Waals surface area contributed by atoms with E-state index in [4.69, 9.17) is 9.88 Å². The molecule has 0 bridgehead atoms. The smallest absolute Gasteiger partial charge is 0.251 e. The van der Waals surface area contributed by atoms with Gasteiger partial charge in [-0.3, -0.25) is 4.79 Å². The SMILES string of the molecule is COCCNC(=O)c1cccc(S(N)(=O)=O)c1. The van der Waals surface area contributed by atoms with E-state index < -0.39 is 10.0 Å². The zero-order chi connectivity index (χ0) is 12.9. The van der Waals surface area contributed by atoms with Gasteiger partial charge in [0.2, 0.25) is 10.0 Å². The van der Waals surface area contributed by atoms with Gasteiger partial charge >= 0.3 is 0 Å². The van der Waals surface area contributed by atoms with E-state index in [1.165, 1.54) is 31.4 Å². The van der Waals surface area contributed by atoms with Crippen LogP contribution in [-0.4, -0.2) is 34.6 Å². The Hall–Kier alpha value is -1.44. The molecule has 1 rings (SSSR count). The minimum absolute atomic E-state index is 0.0862. The third-order valence-electron chi connectivity index (χ3n) is 2.02. The van der Waals surface area contributed by atoms with E-state index in [1.54, 1.807) is 0 Å². The number of hydrogen-bond donors (Lipinski definition) is 2. The first-order valence-corrected chi connectivity index (χ1v) is 6.40. The number of sulfonamides is 1. The summed E-state index contributed by atoms with van der Waals surface area (Å²) in [6, 6.07) is 5.54. The molecular weight excluding hydrogens is 244 g/mol. The van der Waals surface area contributed by atoms with Crippen LogP contribution < -0.4 is 10.5 Å². The molecule has 6 nitrogen and oxygen atoms in total.